The molecule has 0 spiro atoms. The van der Waals surface area contributed by atoms with Crippen molar-refractivity contribution >= 4 is 21.4 Å². The standard InChI is InChI=1S/C12H15N3O2S2/c1-9-2-3-10(7-13)6-11(9)19(16,17)15-8-12-14-4-5-18-12/h2-6,15H,7-8,13H2,1H3. The summed E-state index contributed by atoms with van der Waals surface area (Å²) >= 11 is 1.41. The smallest absolute Gasteiger partial charge is 0.241 e. The maximum atomic E-state index is 12.2. The molecule has 0 fully saturated rings. The molecular weight excluding hydrogens is 282 g/mol. The highest BCUT2D eigenvalue weighted by Gasteiger charge is 2.17. The van der Waals surface area contributed by atoms with E-state index < -0.39 is 10.0 Å². The van der Waals surface area contributed by atoms with Crippen molar-refractivity contribution in [3.05, 3.63) is 45.9 Å². The van der Waals surface area contributed by atoms with Crippen LogP contribution in [-0.2, 0) is 23.1 Å². The molecule has 0 aliphatic carbocycles. The molecule has 5 nitrogen and oxygen atoms in total. The minimum absolute atomic E-state index is 0.201. The Morgan fingerprint density at radius 2 is 2.21 bits per heavy atom. The summed E-state index contributed by atoms with van der Waals surface area (Å²) in [7, 11) is -3.54. The van der Waals surface area contributed by atoms with Crippen LogP contribution in [0, 0.1) is 6.92 Å². The van der Waals surface area contributed by atoms with Crippen LogP contribution in [0.25, 0.3) is 0 Å². The van der Waals surface area contributed by atoms with E-state index in [1.54, 1.807) is 25.3 Å². The van der Waals surface area contributed by atoms with E-state index in [9.17, 15) is 8.42 Å². The molecule has 0 aliphatic heterocycles. The molecule has 0 bridgehead atoms. The average molecular weight is 297 g/mol. The zero-order chi connectivity index (χ0) is 13.9. The van der Waals surface area contributed by atoms with E-state index in [0.717, 1.165) is 10.6 Å². The minimum atomic E-state index is -3.54. The SMILES string of the molecule is Cc1ccc(CN)cc1S(=O)(=O)NCc1nccs1. The normalized spacial score (nSPS) is 11.7. The van der Waals surface area contributed by atoms with Gasteiger partial charge in [-0.15, -0.1) is 11.3 Å². The fraction of sp³-hybridized carbons (Fsp3) is 0.250. The number of rotatable bonds is 5. The fourth-order valence-corrected chi connectivity index (χ4v) is 3.56. The van der Waals surface area contributed by atoms with Crippen LogP contribution < -0.4 is 10.5 Å². The topological polar surface area (TPSA) is 85.1 Å². The Balaban J connectivity index is 2.23. The maximum absolute atomic E-state index is 12.2. The van der Waals surface area contributed by atoms with E-state index >= 15 is 0 Å². The largest absolute Gasteiger partial charge is 0.326 e. The van der Waals surface area contributed by atoms with Gasteiger partial charge in [0.1, 0.15) is 5.01 Å². The van der Waals surface area contributed by atoms with E-state index in [0.29, 0.717) is 12.1 Å². The summed E-state index contributed by atoms with van der Waals surface area (Å²) in [5.41, 5.74) is 7.03. The van der Waals surface area contributed by atoms with Crippen LogP contribution >= 0.6 is 11.3 Å². The van der Waals surface area contributed by atoms with Gasteiger partial charge in [0, 0.05) is 18.1 Å². The fourth-order valence-electron chi connectivity index (χ4n) is 1.64. The van der Waals surface area contributed by atoms with Gasteiger partial charge in [-0.2, -0.15) is 0 Å². The van der Waals surface area contributed by atoms with Crippen LogP contribution in [0.2, 0.25) is 0 Å². The van der Waals surface area contributed by atoms with E-state index in [2.05, 4.69) is 9.71 Å². The lowest BCUT2D eigenvalue weighted by Crippen LogP contribution is -2.24. The first-order valence-electron chi connectivity index (χ1n) is 5.70. The number of aromatic nitrogens is 1. The second kappa shape index (κ2) is 5.79. The van der Waals surface area contributed by atoms with Gasteiger partial charge in [-0.05, 0) is 24.1 Å². The molecule has 0 saturated heterocycles. The third-order valence-corrected chi connectivity index (χ3v) is 5.00. The van der Waals surface area contributed by atoms with E-state index in [1.807, 2.05) is 11.4 Å². The van der Waals surface area contributed by atoms with Crippen molar-refractivity contribution in [3.8, 4) is 0 Å². The van der Waals surface area contributed by atoms with Gasteiger partial charge in [0.25, 0.3) is 0 Å². The van der Waals surface area contributed by atoms with Gasteiger partial charge in [0.2, 0.25) is 10.0 Å². The number of sulfonamides is 1. The van der Waals surface area contributed by atoms with Crippen LogP contribution in [0.4, 0.5) is 0 Å². The lowest BCUT2D eigenvalue weighted by atomic mass is 10.1. The van der Waals surface area contributed by atoms with Crippen LogP contribution in [0.5, 0.6) is 0 Å². The van der Waals surface area contributed by atoms with Gasteiger partial charge >= 0.3 is 0 Å². The van der Waals surface area contributed by atoms with Crippen molar-refractivity contribution in [2.45, 2.75) is 24.9 Å². The average Bonchev–Trinajstić information content (AvgIpc) is 2.90. The molecule has 0 amide bonds. The Kier molecular flexibility index (Phi) is 4.31. The number of nitrogens with one attached hydrogen (secondary N) is 1. The molecule has 0 radical (unpaired) electrons. The molecule has 0 aliphatic rings. The molecule has 19 heavy (non-hydrogen) atoms. The summed E-state index contributed by atoms with van der Waals surface area (Å²) in [6, 6.07) is 5.20. The highest BCUT2D eigenvalue weighted by atomic mass is 32.2. The van der Waals surface area contributed by atoms with Gasteiger partial charge < -0.3 is 5.73 Å². The molecule has 3 N–H and O–H groups in total. The van der Waals surface area contributed by atoms with Gasteiger partial charge in [-0.1, -0.05) is 12.1 Å². The third kappa shape index (κ3) is 3.38. The summed E-state index contributed by atoms with van der Waals surface area (Å²) in [5.74, 6) is 0. The number of thiazole rings is 1. The number of hydrogen-bond donors (Lipinski definition) is 2. The maximum Gasteiger partial charge on any atom is 0.241 e. The molecule has 2 aromatic rings. The Labute approximate surface area is 116 Å². The zero-order valence-corrected chi connectivity index (χ0v) is 12.1. The molecule has 1 heterocycles. The quantitative estimate of drug-likeness (QED) is 0.873. The molecule has 0 saturated carbocycles. The second-order valence-corrected chi connectivity index (χ2v) is 6.77. The van der Waals surface area contributed by atoms with Crippen LogP contribution in [0.1, 0.15) is 16.1 Å². The van der Waals surface area contributed by atoms with Gasteiger partial charge in [0.05, 0.1) is 11.4 Å². The highest BCUT2D eigenvalue weighted by molar-refractivity contribution is 7.89. The van der Waals surface area contributed by atoms with Crippen molar-refractivity contribution in [1.82, 2.24) is 9.71 Å². The molecule has 0 unspecified atom stereocenters. The van der Waals surface area contributed by atoms with Gasteiger partial charge in [-0.3, -0.25) is 0 Å². The number of nitrogens with zero attached hydrogens (tertiary/aromatic N) is 1. The Morgan fingerprint density at radius 3 is 2.84 bits per heavy atom. The van der Waals surface area contributed by atoms with Crippen molar-refractivity contribution in [3.63, 3.8) is 0 Å². The molecule has 102 valence electrons. The lowest BCUT2D eigenvalue weighted by Gasteiger charge is -2.09. The monoisotopic (exact) mass is 297 g/mol. The first kappa shape index (κ1) is 14.1. The summed E-state index contributed by atoms with van der Waals surface area (Å²) in [6.45, 7) is 2.28. The van der Waals surface area contributed by atoms with E-state index in [1.165, 1.54) is 11.3 Å². The molecule has 1 aromatic carbocycles. The highest BCUT2D eigenvalue weighted by Crippen LogP contribution is 2.17. The second-order valence-electron chi connectivity index (χ2n) is 4.05. The Bertz CT molecular complexity index is 652. The van der Waals surface area contributed by atoms with E-state index in [4.69, 9.17) is 5.73 Å². The number of aryl methyl sites for hydroxylation is 1. The summed E-state index contributed by atoms with van der Waals surface area (Å²) in [5, 5.41) is 2.54. The molecule has 7 heteroatoms. The molecule has 0 atom stereocenters. The van der Waals surface area contributed by atoms with E-state index in [-0.39, 0.29) is 11.4 Å². The first-order valence-corrected chi connectivity index (χ1v) is 8.07. The van der Waals surface area contributed by atoms with Crippen LogP contribution in [0.15, 0.2) is 34.7 Å². The zero-order valence-electron chi connectivity index (χ0n) is 10.5. The van der Waals surface area contributed by atoms with Gasteiger partial charge in [-0.25, -0.2) is 18.1 Å². The lowest BCUT2D eigenvalue weighted by molar-refractivity contribution is 0.580. The third-order valence-electron chi connectivity index (χ3n) is 2.67. The predicted octanol–water partition coefficient (Wildman–Crippen LogP) is 1.39. The van der Waals surface area contributed by atoms with Crippen LogP contribution in [0.3, 0.4) is 0 Å². The Morgan fingerprint density at radius 1 is 1.42 bits per heavy atom. The number of hydrogen-bond acceptors (Lipinski definition) is 5. The predicted molar refractivity (Wildman–Crippen MR) is 75.2 cm³/mol. The van der Waals surface area contributed by atoms with Crippen molar-refractivity contribution < 1.29 is 8.42 Å². The summed E-state index contributed by atoms with van der Waals surface area (Å²) in [4.78, 5) is 4.31. The summed E-state index contributed by atoms with van der Waals surface area (Å²) in [6.07, 6.45) is 1.65. The number of benzene rings is 1. The van der Waals surface area contributed by atoms with Crippen LogP contribution in [-0.4, -0.2) is 13.4 Å². The molecule has 2 rings (SSSR count). The van der Waals surface area contributed by atoms with Crippen molar-refractivity contribution in [2.24, 2.45) is 5.73 Å². The minimum Gasteiger partial charge on any atom is -0.326 e. The van der Waals surface area contributed by atoms with Gasteiger partial charge in [0.15, 0.2) is 0 Å². The van der Waals surface area contributed by atoms with Crippen molar-refractivity contribution in [1.29, 1.82) is 0 Å². The molecule has 1 aromatic heterocycles. The Hall–Kier alpha value is -1.28. The summed E-state index contributed by atoms with van der Waals surface area (Å²) < 4.78 is 27.0. The molecular formula is C12H15N3O2S2. The van der Waals surface area contributed by atoms with Crippen molar-refractivity contribution in [2.75, 3.05) is 0 Å². The number of nitrogens with two attached hydrogens (primary N) is 1. The first-order chi connectivity index (χ1) is 9.03.